The Labute approximate surface area is 99.6 Å². The lowest BCUT2D eigenvalue weighted by Crippen LogP contribution is -2.10. The first-order valence-corrected chi connectivity index (χ1v) is 6.43. The number of benzene rings is 1. The Morgan fingerprint density at radius 1 is 1.12 bits per heavy atom. The van der Waals surface area contributed by atoms with Gasteiger partial charge in [0.15, 0.2) is 6.29 Å². The van der Waals surface area contributed by atoms with E-state index in [0.717, 1.165) is 9.54 Å². The molecule has 0 saturated heterocycles. The summed E-state index contributed by atoms with van der Waals surface area (Å²) in [6.45, 7) is 1.89. The minimum Gasteiger partial charge on any atom is -0.298 e. The zero-order valence-electron chi connectivity index (χ0n) is 9.20. The summed E-state index contributed by atoms with van der Waals surface area (Å²) in [5, 5.41) is 0. The van der Waals surface area contributed by atoms with Crippen LogP contribution in [0.5, 0.6) is 0 Å². The first kappa shape index (κ1) is 11.6. The number of hydrogen-bond donors (Lipinski definition) is 0. The maximum Gasteiger partial charge on any atom is 0.267 e. The summed E-state index contributed by atoms with van der Waals surface area (Å²) in [6.07, 6.45) is 3.27. The molecule has 1 aromatic carbocycles. The Bertz CT molecular complexity index is 639. The molecule has 0 unspecified atom stereocenters. The van der Waals surface area contributed by atoms with Crippen molar-refractivity contribution >= 4 is 16.3 Å². The molecule has 2 rings (SSSR count). The molecule has 0 radical (unpaired) electrons. The first-order valence-electron chi connectivity index (χ1n) is 4.99. The molecular weight excluding hydrogens is 238 g/mol. The lowest BCUT2D eigenvalue weighted by atomic mass is 10.2. The monoisotopic (exact) mass is 249 g/mol. The Morgan fingerprint density at radius 3 is 2.29 bits per heavy atom. The fourth-order valence-corrected chi connectivity index (χ4v) is 2.65. The minimum atomic E-state index is -3.59. The van der Waals surface area contributed by atoms with E-state index in [9.17, 15) is 13.2 Å². The lowest BCUT2D eigenvalue weighted by molar-refractivity contribution is 0.112. The maximum absolute atomic E-state index is 12.1. The molecule has 1 aromatic heterocycles. The number of aldehydes is 1. The van der Waals surface area contributed by atoms with Crippen molar-refractivity contribution in [2.45, 2.75) is 11.8 Å². The number of nitrogens with zero attached hydrogens (tertiary/aromatic N) is 1. The minimum absolute atomic E-state index is 0.205. The number of aromatic nitrogens is 1. The van der Waals surface area contributed by atoms with Crippen molar-refractivity contribution in [1.82, 2.24) is 3.97 Å². The molecule has 0 amide bonds. The van der Waals surface area contributed by atoms with E-state index in [2.05, 4.69) is 0 Å². The van der Waals surface area contributed by atoms with Gasteiger partial charge < -0.3 is 0 Å². The summed E-state index contributed by atoms with van der Waals surface area (Å²) in [5.74, 6) is 0. The van der Waals surface area contributed by atoms with E-state index < -0.39 is 10.0 Å². The van der Waals surface area contributed by atoms with Crippen molar-refractivity contribution in [1.29, 1.82) is 0 Å². The van der Waals surface area contributed by atoms with Crippen molar-refractivity contribution in [3.63, 3.8) is 0 Å². The molecular formula is C12H11NO3S. The molecule has 4 nitrogen and oxygen atoms in total. The summed E-state index contributed by atoms with van der Waals surface area (Å²) >= 11 is 0. The van der Waals surface area contributed by atoms with Crippen LogP contribution in [0.2, 0.25) is 0 Å². The first-order chi connectivity index (χ1) is 8.04. The van der Waals surface area contributed by atoms with E-state index in [-0.39, 0.29) is 4.90 Å². The number of carbonyl (C=O) groups excluding carboxylic acids is 1. The SMILES string of the molecule is Cc1ccc(S(=O)(=O)n2ccc(C=O)c2)cc1. The van der Waals surface area contributed by atoms with Gasteiger partial charge in [0, 0.05) is 18.0 Å². The zero-order valence-corrected chi connectivity index (χ0v) is 10.0. The van der Waals surface area contributed by atoms with Crippen LogP contribution >= 0.6 is 0 Å². The molecule has 0 aliphatic carbocycles. The average Bonchev–Trinajstić information content (AvgIpc) is 2.78. The normalized spacial score (nSPS) is 11.4. The maximum atomic E-state index is 12.1. The van der Waals surface area contributed by atoms with Crippen LogP contribution in [-0.4, -0.2) is 18.7 Å². The molecule has 0 aliphatic rings. The summed E-state index contributed by atoms with van der Waals surface area (Å²) < 4.78 is 25.3. The third-order valence-electron chi connectivity index (χ3n) is 2.42. The van der Waals surface area contributed by atoms with E-state index >= 15 is 0 Å². The van der Waals surface area contributed by atoms with Crippen LogP contribution in [0.15, 0.2) is 47.6 Å². The number of hydrogen-bond acceptors (Lipinski definition) is 3. The fraction of sp³-hybridized carbons (Fsp3) is 0.0833. The molecule has 0 spiro atoms. The molecule has 0 N–H and O–H groups in total. The quantitative estimate of drug-likeness (QED) is 0.780. The molecule has 2 aromatic rings. The second-order valence-electron chi connectivity index (χ2n) is 3.71. The van der Waals surface area contributed by atoms with Gasteiger partial charge in [0.25, 0.3) is 10.0 Å². The van der Waals surface area contributed by atoms with Crippen LogP contribution < -0.4 is 0 Å². The van der Waals surface area contributed by atoms with Gasteiger partial charge >= 0.3 is 0 Å². The fourth-order valence-electron chi connectivity index (χ4n) is 1.44. The summed E-state index contributed by atoms with van der Waals surface area (Å²) in [6, 6.07) is 8.02. The lowest BCUT2D eigenvalue weighted by Gasteiger charge is -2.05. The predicted octanol–water partition coefficient (Wildman–Crippen LogP) is 1.85. The molecule has 17 heavy (non-hydrogen) atoms. The standard InChI is InChI=1S/C12H11NO3S/c1-10-2-4-12(5-3-10)17(15,16)13-7-6-11(8-13)9-14/h2-9H,1H3. The van der Waals surface area contributed by atoms with Crippen molar-refractivity contribution in [3.05, 3.63) is 53.9 Å². The highest BCUT2D eigenvalue weighted by Gasteiger charge is 2.15. The largest absolute Gasteiger partial charge is 0.298 e. The van der Waals surface area contributed by atoms with E-state index in [1.807, 2.05) is 6.92 Å². The number of rotatable bonds is 3. The van der Waals surface area contributed by atoms with Gasteiger partial charge in [-0.2, -0.15) is 0 Å². The van der Waals surface area contributed by atoms with Crippen molar-refractivity contribution in [2.24, 2.45) is 0 Å². The number of aryl methyl sites for hydroxylation is 1. The molecule has 0 atom stereocenters. The van der Waals surface area contributed by atoms with Gasteiger partial charge in [0.2, 0.25) is 0 Å². The summed E-state index contributed by atoms with van der Waals surface area (Å²) in [5.41, 5.74) is 1.32. The molecule has 0 fully saturated rings. The zero-order chi connectivity index (χ0) is 12.5. The van der Waals surface area contributed by atoms with E-state index in [1.165, 1.54) is 18.5 Å². The third-order valence-corrected chi connectivity index (χ3v) is 4.07. The van der Waals surface area contributed by atoms with Crippen molar-refractivity contribution in [2.75, 3.05) is 0 Å². The Hall–Kier alpha value is -1.88. The highest BCUT2D eigenvalue weighted by molar-refractivity contribution is 7.90. The molecule has 0 bridgehead atoms. The summed E-state index contributed by atoms with van der Waals surface area (Å²) in [4.78, 5) is 10.7. The average molecular weight is 249 g/mol. The second-order valence-corrected chi connectivity index (χ2v) is 5.55. The van der Waals surface area contributed by atoms with Crippen LogP contribution in [0.3, 0.4) is 0 Å². The van der Waals surface area contributed by atoms with E-state index in [0.29, 0.717) is 11.8 Å². The van der Waals surface area contributed by atoms with Gasteiger partial charge in [-0.3, -0.25) is 4.79 Å². The Kier molecular flexibility index (Phi) is 2.85. The highest BCUT2D eigenvalue weighted by Crippen LogP contribution is 2.15. The second kappa shape index (κ2) is 4.18. The van der Waals surface area contributed by atoms with Gasteiger partial charge in [-0.1, -0.05) is 17.7 Å². The molecule has 5 heteroatoms. The van der Waals surface area contributed by atoms with Gasteiger partial charge in [-0.25, -0.2) is 12.4 Å². The van der Waals surface area contributed by atoms with Gasteiger partial charge in [-0.05, 0) is 25.1 Å². The van der Waals surface area contributed by atoms with Gasteiger partial charge in [0.1, 0.15) is 0 Å². The molecule has 88 valence electrons. The molecule has 0 aliphatic heterocycles. The Balaban J connectivity index is 2.49. The topological polar surface area (TPSA) is 56.1 Å². The smallest absolute Gasteiger partial charge is 0.267 e. The predicted molar refractivity (Wildman–Crippen MR) is 63.6 cm³/mol. The van der Waals surface area contributed by atoms with Crippen molar-refractivity contribution in [3.8, 4) is 0 Å². The van der Waals surface area contributed by atoms with Crippen LogP contribution in [0.1, 0.15) is 15.9 Å². The number of carbonyl (C=O) groups is 1. The van der Waals surface area contributed by atoms with Crippen molar-refractivity contribution < 1.29 is 13.2 Å². The van der Waals surface area contributed by atoms with E-state index in [4.69, 9.17) is 0 Å². The molecule has 1 heterocycles. The summed E-state index contributed by atoms with van der Waals surface area (Å²) in [7, 11) is -3.59. The van der Waals surface area contributed by atoms with Gasteiger partial charge in [-0.15, -0.1) is 0 Å². The highest BCUT2D eigenvalue weighted by atomic mass is 32.2. The van der Waals surface area contributed by atoms with Crippen LogP contribution in [0.4, 0.5) is 0 Å². The van der Waals surface area contributed by atoms with Crippen LogP contribution in [0.25, 0.3) is 0 Å². The third kappa shape index (κ3) is 2.14. The Morgan fingerprint density at radius 2 is 1.76 bits per heavy atom. The van der Waals surface area contributed by atoms with Gasteiger partial charge in [0.05, 0.1) is 4.90 Å². The molecule has 0 saturated carbocycles. The van der Waals surface area contributed by atoms with Crippen LogP contribution in [0, 0.1) is 6.92 Å². The van der Waals surface area contributed by atoms with E-state index in [1.54, 1.807) is 24.3 Å². The van der Waals surface area contributed by atoms with Crippen LogP contribution in [-0.2, 0) is 10.0 Å².